The highest BCUT2D eigenvalue weighted by Gasteiger charge is 2.27. The van der Waals surface area contributed by atoms with Crippen molar-refractivity contribution >= 4 is 24.2 Å². The molecule has 0 unspecified atom stereocenters. The van der Waals surface area contributed by atoms with Crippen LogP contribution in [0.3, 0.4) is 0 Å². The first kappa shape index (κ1) is 19.4. The van der Waals surface area contributed by atoms with Gasteiger partial charge in [-0.25, -0.2) is 0 Å². The molecule has 0 aromatic heterocycles. The van der Waals surface area contributed by atoms with Crippen LogP contribution in [0.1, 0.15) is 22.8 Å². The number of rotatable bonds is 5. The molecule has 1 fully saturated rings. The van der Waals surface area contributed by atoms with Gasteiger partial charge in [-0.2, -0.15) is 0 Å². The Balaban J connectivity index is 0.00000264. The van der Waals surface area contributed by atoms with E-state index in [9.17, 15) is 9.59 Å². The summed E-state index contributed by atoms with van der Waals surface area (Å²) in [5, 5.41) is 8.67. The van der Waals surface area contributed by atoms with Crippen LogP contribution in [0, 0.1) is 0 Å². The van der Waals surface area contributed by atoms with Crippen molar-refractivity contribution < 1.29 is 14.3 Å². The van der Waals surface area contributed by atoms with E-state index in [1.165, 1.54) is 0 Å². The smallest absolute Gasteiger partial charge is 0.251 e. The Morgan fingerprint density at radius 2 is 2.17 bits per heavy atom. The molecule has 0 spiro atoms. The van der Waals surface area contributed by atoms with Crippen LogP contribution in [0.15, 0.2) is 24.3 Å². The summed E-state index contributed by atoms with van der Waals surface area (Å²) in [5.74, 6) is -0.155. The normalized spacial score (nSPS) is 20.3. The van der Waals surface area contributed by atoms with Gasteiger partial charge >= 0.3 is 0 Å². The molecule has 1 aliphatic heterocycles. The highest BCUT2D eigenvalue weighted by Crippen LogP contribution is 2.07. The van der Waals surface area contributed by atoms with Gasteiger partial charge in [0.1, 0.15) is 6.04 Å². The summed E-state index contributed by atoms with van der Waals surface area (Å²) in [4.78, 5) is 23.7. The highest BCUT2D eigenvalue weighted by molar-refractivity contribution is 5.94. The third kappa shape index (κ3) is 5.49. The Hall–Kier alpha value is -1.63. The molecule has 0 saturated carbocycles. The van der Waals surface area contributed by atoms with E-state index in [1.54, 1.807) is 13.1 Å². The maximum atomic E-state index is 12.1. The van der Waals surface area contributed by atoms with Gasteiger partial charge < -0.3 is 20.7 Å². The molecule has 128 valence electrons. The Bertz CT molecular complexity index is 539. The summed E-state index contributed by atoms with van der Waals surface area (Å²) < 4.78 is 5.46. The summed E-state index contributed by atoms with van der Waals surface area (Å²) in [6, 6.07) is 7.11. The fourth-order valence-electron chi connectivity index (χ4n) is 2.48. The molecule has 1 aliphatic rings. The first-order valence-corrected chi connectivity index (χ1v) is 7.55. The molecule has 0 aliphatic carbocycles. The SMILES string of the molecule is CNC(=O)c1cccc(CCNC(=O)[C@H]2NCCO[C@@H]2C)c1.Cl. The lowest BCUT2D eigenvalue weighted by atomic mass is 10.1. The van der Waals surface area contributed by atoms with Crippen LogP contribution in [0.25, 0.3) is 0 Å². The predicted octanol–water partition coefficient (Wildman–Crippen LogP) is 0.504. The minimum Gasteiger partial charge on any atom is -0.375 e. The van der Waals surface area contributed by atoms with Crippen LogP contribution in [0.4, 0.5) is 0 Å². The molecule has 1 saturated heterocycles. The number of hydrogen-bond acceptors (Lipinski definition) is 4. The summed E-state index contributed by atoms with van der Waals surface area (Å²) in [5.41, 5.74) is 1.64. The Morgan fingerprint density at radius 1 is 1.39 bits per heavy atom. The summed E-state index contributed by atoms with van der Waals surface area (Å²) >= 11 is 0. The average Bonchev–Trinajstić information content (AvgIpc) is 2.54. The van der Waals surface area contributed by atoms with E-state index in [4.69, 9.17) is 4.74 Å². The lowest BCUT2D eigenvalue weighted by molar-refractivity contribution is -0.128. The number of nitrogens with one attached hydrogen (secondary N) is 3. The first-order valence-electron chi connectivity index (χ1n) is 7.55. The molecule has 7 heteroatoms. The maximum absolute atomic E-state index is 12.1. The van der Waals surface area contributed by atoms with Gasteiger partial charge in [-0.1, -0.05) is 12.1 Å². The van der Waals surface area contributed by atoms with E-state index in [0.29, 0.717) is 31.7 Å². The molecule has 2 atom stereocenters. The van der Waals surface area contributed by atoms with E-state index in [1.807, 2.05) is 25.1 Å². The molecule has 2 amide bonds. The van der Waals surface area contributed by atoms with Gasteiger partial charge in [0, 0.05) is 25.7 Å². The second-order valence-corrected chi connectivity index (χ2v) is 5.33. The quantitative estimate of drug-likeness (QED) is 0.729. The number of hydrogen-bond donors (Lipinski definition) is 3. The molecule has 3 N–H and O–H groups in total. The number of benzene rings is 1. The highest BCUT2D eigenvalue weighted by atomic mass is 35.5. The minimum atomic E-state index is -0.300. The van der Waals surface area contributed by atoms with Crippen molar-refractivity contribution in [2.24, 2.45) is 0 Å². The average molecular weight is 342 g/mol. The molecule has 0 bridgehead atoms. The van der Waals surface area contributed by atoms with Gasteiger partial charge in [0.2, 0.25) is 5.91 Å². The summed E-state index contributed by atoms with van der Waals surface area (Å²) in [7, 11) is 1.61. The zero-order chi connectivity index (χ0) is 15.9. The Morgan fingerprint density at radius 3 is 2.87 bits per heavy atom. The van der Waals surface area contributed by atoms with Crippen LogP contribution in [-0.2, 0) is 16.0 Å². The van der Waals surface area contributed by atoms with E-state index in [0.717, 1.165) is 5.56 Å². The number of carbonyl (C=O) groups is 2. The molecule has 0 radical (unpaired) electrons. The van der Waals surface area contributed by atoms with Crippen molar-refractivity contribution in [3.8, 4) is 0 Å². The molecule has 23 heavy (non-hydrogen) atoms. The fraction of sp³-hybridized carbons (Fsp3) is 0.500. The first-order chi connectivity index (χ1) is 10.6. The molecule has 2 rings (SSSR count). The van der Waals surface area contributed by atoms with Crippen LogP contribution >= 0.6 is 12.4 Å². The molecular weight excluding hydrogens is 318 g/mol. The molecule has 1 aromatic carbocycles. The van der Waals surface area contributed by atoms with Crippen molar-refractivity contribution in [1.82, 2.24) is 16.0 Å². The Kier molecular flexibility index (Phi) is 8.02. The number of morpholine rings is 1. The van der Waals surface area contributed by atoms with Gasteiger partial charge in [0.15, 0.2) is 0 Å². The summed E-state index contributed by atoms with van der Waals surface area (Å²) in [6.45, 7) is 3.75. The largest absolute Gasteiger partial charge is 0.375 e. The zero-order valence-corrected chi connectivity index (χ0v) is 14.2. The van der Waals surface area contributed by atoms with Gasteiger partial charge in [-0.05, 0) is 31.0 Å². The topological polar surface area (TPSA) is 79.5 Å². The molecule has 6 nitrogen and oxygen atoms in total. The fourth-order valence-corrected chi connectivity index (χ4v) is 2.48. The molecule has 1 aromatic rings. The second-order valence-electron chi connectivity index (χ2n) is 5.33. The van der Waals surface area contributed by atoms with Crippen molar-refractivity contribution in [3.63, 3.8) is 0 Å². The predicted molar refractivity (Wildman–Crippen MR) is 91.0 cm³/mol. The van der Waals surface area contributed by atoms with Crippen molar-refractivity contribution in [3.05, 3.63) is 35.4 Å². The van der Waals surface area contributed by atoms with Crippen molar-refractivity contribution in [1.29, 1.82) is 0 Å². The van der Waals surface area contributed by atoms with E-state index in [-0.39, 0.29) is 36.4 Å². The maximum Gasteiger partial charge on any atom is 0.251 e. The standard InChI is InChI=1S/C16H23N3O3.ClH/c1-11-14(18-8-9-22-11)16(21)19-7-6-12-4-3-5-13(10-12)15(20)17-2;/h3-5,10-11,14,18H,6-9H2,1-2H3,(H,17,20)(H,19,21);1H/t11-,14+;/m1./s1. The van der Waals surface area contributed by atoms with Crippen LogP contribution in [-0.4, -0.2) is 50.7 Å². The van der Waals surface area contributed by atoms with E-state index >= 15 is 0 Å². The number of carbonyl (C=O) groups excluding carboxylic acids is 2. The van der Waals surface area contributed by atoms with Crippen LogP contribution in [0.5, 0.6) is 0 Å². The third-order valence-electron chi connectivity index (χ3n) is 3.73. The molecule has 1 heterocycles. The lowest BCUT2D eigenvalue weighted by Gasteiger charge is -2.29. The van der Waals surface area contributed by atoms with Gasteiger partial charge in [-0.3, -0.25) is 9.59 Å². The molecular formula is C16H24ClN3O3. The van der Waals surface area contributed by atoms with Crippen molar-refractivity contribution in [2.75, 3.05) is 26.7 Å². The van der Waals surface area contributed by atoms with Gasteiger partial charge in [0.05, 0.1) is 12.7 Å². The third-order valence-corrected chi connectivity index (χ3v) is 3.73. The van der Waals surface area contributed by atoms with Gasteiger partial charge in [0.25, 0.3) is 5.91 Å². The summed E-state index contributed by atoms with van der Waals surface area (Å²) in [6.07, 6.45) is 0.559. The van der Waals surface area contributed by atoms with Crippen LogP contribution < -0.4 is 16.0 Å². The van der Waals surface area contributed by atoms with E-state index in [2.05, 4.69) is 16.0 Å². The van der Waals surface area contributed by atoms with Crippen molar-refractivity contribution in [2.45, 2.75) is 25.5 Å². The zero-order valence-electron chi connectivity index (χ0n) is 13.4. The van der Waals surface area contributed by atoms with Crippen LogP contribution in [0.2, 0.25) is 0 Å². The second kappa shape index (κ2) is 9.50. The Labute approximate surface area is 142 Å². The monoisotopic (exact) mass is 341 g/mol. The lowest BCUT2D eigenvalue weighted by Crippen LogP contribution is -2.55. The minimum absolute atomic E-state index is 0. The van der Waals surface area contributed by atoms with E-state index < -0.39 is 0 Å². The number of halogens is 1. The number of ether oxygens (including phenoxy) is 1. The van der Waals surface area contributed by atoms with Gasteiger partial charge in [-0.15, -0.1) is 12.4 Å². The number of amides is 2.